The first-order chi connectivity index (χ1) is 12.0. The summed E-state index contributed by atoms with van der Waals surface area (Å²) in [5, 5.41) is 1.63. The third-order valence-corrected chi connectivity index (χ3v) is 4.29. The molecule has 0 saturated carbocycles. The van der Waals surface area contributed by atoms with Crippen molar-refractivity contribution in [3.05, 3.63) is 80.2 Å². The summed E-state index contributed by atoms with van der Waals surface area (Å²) in [5.41, 5.74) is -0.152. The van der Waals surface area contributed by atoms with Gasteiger partial charge in [-0.2, -0.15) is 0 Å². The van der Waals surface area contributed by atoms with E-state index in [2.05, 4.69) is 4.98 Å². The molecule has 0 fully saturated rings. The fourth-order valence-electron chi connectivity index (χ4n) is 2.28. The van der Waals surface area contributed by atoms with Crippen LogP contribution in [-0.4, -0.2) is 23.3 Å². The van der Waals surface area contributed by atoms with Crippen LogP contribution in [0.15, 0.2) is 53.3 Å². The molecule has 7 heteroatoms. The summed E-state index contributed by atoms with van der Waals surface area (Å²) in [6.45, 7) is -0.481. The first-order valence-electron chi connectivity index (χ1n) is 7.23. The number of carbonyl (C=O) groups is 2. The second-order valence-corrected chi connectivity index (χ2v) is 6.04. The molecule has 0 unspecified atom stereocenters. The quantitative estimate of drug-likeness (QED) is 0.554. The molecule has 0 bridgehead atoms. The van der Waals surface area contributed by atoms with Gasteiger partial charge in [0.1, 0.15) is 5.69 Å². The number of benzene rings is 2. The number of nitrogens with one attached hydrogen (secondary N) is 1. The summed E-state index contributed by atoms with van der Waals surface area (Å²) in [7, 11) is 0. The average Bonchev–Trinajstić information content (AvgIpc) is 2.61. The number of aromatic nitrogens is 1. The minimum Gasteiger partial charge on any atom is -0.453 e. The molecule has 1 heterocycles. The molecule has 1 N–H and O–H groups in total. The van der Waals surface area contributed by atoms with Crippen molar-refractivity contribution in [2.45, 2.75) is 0 Å². The molecule has 3 rings (SSSR count). The number of ether oxygens (including phenoxy) is 1. The molecule has 2 aromatic carbocycles. The van der Waals surface area contributed by atoms with Crippen molar-refractivity contribution in [1.82, 2.24) is 4.98 Å². The van der Waals surface area contributed by atoms with Crippen LogP contribution in [0.4, 0.5) is 0 Å². The van der Waals surface area contributed by atoms with Gasteiger partial charge in [-0.1, -0.05) is 41.4 Å². The Labute approximate surface area is 152 Å². The molecular formula is C18H11Cl2NO4. The first kappa shape index (κ1) is 17.2. The van der Waals surface area contributed by atoms with Gasteiger partial charge in [0, 0.05) is 10.9 Å². The number of hydrogen-bond acceptors (Lipinski definition) is 4. The number of H-pyrrole nitrogens is 1. The Bertz CT molecular complexity index is 1040. The second kappa shape index (κ2) is 7.09. The molecule has 0 aliphatic carbocycles. The van der Waals surface area contributed by atoms with Gasteiger partial charge in [-0.15, -0.1) is 0 Å². The van der Waals surface area contributed by atoms with Gasteiger partial charge in [-0.05, 0) is 35.7 Å². The highest BCUT2D eigenvalue weighted by Gasteiger charge is 2.14. The van der Waals surface area contributed by atoms with Crippen molar-refractivity contribution in [2.24, 2.45) is 0 Å². The van der Waals surface area contributed by atoms with Gasteiger partial charge in [-0.3, -0.25) is 9.59 Å². The number of Topliss-reactive ketones (excluding diaryl/α,β-unsaturated/α-hetero) is 1. The third kappa shape index (κ3) is 3.73. The fourth-order valence-corrected chi connectivity index (χ4v) is 2.58. The van der Waals surface area contributed by atoms with E-state index in [1.807, 2.05) is 0 Å². The zero-order chi connectivity index (χ0) is 18.0. The van der Waals surface area contributed by atoms with Crippen molar-refractivity contribution < 1.29 is 14.3 Å². The van der Waals surface area contributed by atoms with Crippen LogP contribution >= 0.6 is 23.2 Å². The molecule has 0 saturated heterocycles. The van der Waals surface area contributed by atoms with E-state index in [1.54, 1.807) is 24.3 Å². The number of fused-ring (bicyclic) bond motifs is 1. The zero-order valence-corrected chi connectivity index (χ0v) is 14.2. The minimum atomic E-state index is -0.795. The number of hydrogen-bond donors (Lipinski definition) is 1. The lowest BCUT2D eigenvalue weighted by Crippen LogP contribution is -2.18. The molecule has 0 radical (unpaired) electrons. The van der Waals surface area contributed by atoms with Gasteiger partial charge in [0.05, 0.1) is 10.0 Å². The number of pyridine rings is 1. The van der Waals surface area contributed by atoms with Gasteiger partial charge < -0.3 is 9.72 Å². The van der Waals surface area contributed by atoms with Crippen LogP contribution in [0.1, 0.15) is 20.8 Å². The van der Waals surface area contributed by atoms with Gasteiger partial charge in [0.15, 0.2) is 12.4 Å². The lowest BCUT2D eigenvalue weighted by atomic mass is 10.1. The molecular weight excluding hydrogens is 365 g/mol. The van der Waals surface area contributed by atoms with Crippen LogP contribution in [0.2, 0.25) is 10.0 Å². The lowest BCUT2D eigenvalue weighted by Gasteiger charge is -2.06. The molecule has 1 aromatic heterocycles. The summed E-state index contributed by atoms with van der Waals surface area (Å²) in [6, 6.07) is 12.7. The highest BCUT2D eigenvalue weighted by Crippen LogP contribution is 2.22. The van der Waals surface area contributed by atoms with Crippen molar-refractivity contribution in [3.63, 3.8) is 0 Å². The number of ketones is 1. The maximum atomic E-state index is 12.1. The largest absolute Gasteiger partial charge is 0.453 e. The Morgan fingerprint density at radius 2 is 1.76 bits per heavy atom. The minimum absolute atomic E-state index is 0.0226. The van der Waals surface area contributed by atoms with Gasteiger partial charge >= 0.3 is 5.97 Å². The van der Waals surface area contributed by atoms with E-state index >= 15 is 0 Å². The van der Waals surface area contributed by atoms with Gasteiger partial charge in [0.2, 0.25) is 0 Å². The molecule has 0 aliphatic rings. The molecule has 0 atom stereocenters. The van der Waals surface area contributed by atoms with Crippen molar-refractivity contribution in [3.8, 4) is 0 Å². The number of halogens is 2. The van der Waals surface area contributed by atoms with E-state index in [0.29, 0.717) is 15.8 Å². The van der Waals surface area contributed by atoms with E-state index in [1.165, 1.54) is 24.3 Å². The van der Waals surface area contributed by atoms with Crippen molar-refractivity contribution in [1.29, 1.82) is 0 Å². The van der Waals surface area contributed by atoms with Crippen LogP contribution in [0.3, 0.4) is 0 Å². The van der Waals surface area contributed by atoms with E-state index in [4.69, 9.17) is 27.9 Å². The van der Waals surface area contributed by atoms with Gasteiger partial charge in [-0.25, -0.2) is 4.79 Å². The smallest absolute Gasteiger partial charge is 0.355 e. The molecule has 126 valence electrons. The third-order valence-electron chi connectivity index (χ3n) is 3.55. The van der Waals surface area contributed by atoms with E-state index < -0.39 is 23.9 Å². The zero-order valence-electron chi connectivity index (χ0n) is 12.7. The maximum Gasteiger partial charge on any atom is 0.355 e. The highest BCUT2D eigenvalue weighted by atomic mass is 35.5. The van der Waals surface area contributed by atoms with Crippen LogP contribution < -0.4 is 5.56 Å². The summed E-state index contributed by atoms with van der Waals surface area (Å²) in [6.07, 6.45) is 0. The van der Waals surface area contributed by atoms with Gasteiger partial charge in [0.25, 0.3) is 5.56 Å². The second-order valence-electron chi connectivity index (χ2n) is 5.23. The molecule has 0 spiro atoms. The fraction of sp³-hybridized carbons (Fsp3) is 0.0556. The number of carbonyl (C=O) groups excluding carboxylic acids is 2. The molecule has 3 aromatic rings. The Kier molecular flexibility index (Phi) is 4.88. The maximum absolute atomic E-state index is 12.1. The Hall–Kier alpha value is -2.63. The Morgan fingerprint density at radius 1 is 1.00 bits per heavy atom. The predicted octanol–water partition coefficient (Wildman–Crippen LogP) is 3.87. The number of aromatic amines is 1. The lowest BCUT2D eigenvalue weighted by molar-refractivity contribution is 0.0469. The Balaban J connectivity index is 1.75. The summed E-state index contributed by atoms with van der Waals surface area (Å²) in [5.74, 6) is -1.23. The summed E-state index contributed by atoms with van der Waals surface area (Å²) < 4.78 is 4.98. The van der Waals surface area contributed by atoms with E-state index in [0.717, 1.165) is 0 Å². The predicted molar refractivity (Wildman–Crippen MR) is 95.6 cm³/mol. The summed E-state index contributed by atoms with van der Waals surface area (Å²) >= 11 is 11.7. The van der Waals surface area contributed by atoms with Crippen LogP contribution in [-0.2, 0) is 4.74 Å². The monoisotopic (exact) mass is 375 g/mol. The number of esters is 1. The molecule has 25 heavy (non-hydrogen) atoms. The molecule has 0 amide bonds. The van der Waals surface area contributed by atoms with Crippen LogP contribution in [0, 0.1) is 0 Å². The summed E-state index contributed by atoms with van der Waals surface area (Å²) in [4.78, 5) is 38.6. The molecule has 5 nitrogen and oxygen atoms in total. The topological polar surface area (TPSA) is 76.2 Å². The average molecular weight is 376 g/mol. The number of rotatable bonds is 4. The van der Waals surface area contributed by atoms with Crippen molar-refractivity contribution >= 4 is 45.7 Å². The SMILES string of the molecule is O=C(COC(=O)c1cc2ccccc2c(=O)[nH]1)c1ccc(Cl)c(Cl)c1. The Morgan fingerprint density at radius 3 is 2.52 bits per heavy atom. The molecule has 0 aliphatic heterocycles. The van der Waals surface area contributed by atoms with E-state index in [9.17, 15) is 14.4 Å². The standard InChI is InChI=1S/C18H11Cl2NO4/c19-13-6-5-11(7-14(13)20)16(22)9-25-18(24)15-8-10-3-1-2-4-12(10)17(23)21-15/h1-8H,9H2,(H,21,23). The van der Waals surface area contributed by atoms with Crippen molar-refractivity contribution in [2.75, 3.05) is 6.61 Å². The highest BCUT2D eigenvalue weighted by molar-refractivity contribution is 6.42. The van der Waals surface area contributed by atoms with Crippen LogP contribution in [0.5, 0.6) is 0 Å². The normalized spacial score (nSPS) is 10.6. The first-order valence-corrected chi connectivity index (χ1v) is 7.99. The van der Waals surface area contributed by atoms with E-state index in [-0.39, 0.29) is 16.3 Å². The van der Waals surface area contributed by atoms with Crippen LogP contribution in [0.25, 0.3) is 10.8 Å².